The molecule has 1 aliphatic carbocycles. The Morgan fingerprint density at radius 2 is 2.03 bits per heavy atom. The van der Waals surface area contributed by atoms with Gasteiger partial charge in [-0.1, -0.05) is 29.3 Å². The maximum Gasteiger partial charge on any atom is 0.262 e. The first-order valence-electron chi connectivity index (χ1n) is 9.23. The number of ether oxygens (including phenoxy) is 1. The number of carbonyl (C=O) groups is 1. The number of aliphatic hydroxyl groups excluding tert-OH is 1. The summed E-state index contributed by atoms with van der Waals surface area (Å²) in [5.74, 6) is -0.0667. The van der Waals surface area contributed by atoms with Gasteiger partial charge in [0.15, 0.2) is 0 Å². The van der Waals surface area contributed by atoms with Crippen LogP contribution in [0.2, 0.25) is 10.0 Å². The molecule has 30 heavy (non-hydrogen) atoms. The lowest BCUT2D eigenvalue weighted by molar-refractivity contribution is 0.102. The average Bonchev–Trinajstić information content (AvgIpc) is 3.43. The van der Waals surface area contributed by atoms with E-state index in [-0.39, 0.29) is 30.1 Å². The highest BCUT2D eigenvalue weighted by Crippen LogP contribution is 2.32. The summed E-state index contributed by atoms with van der Waals surface area (Å²) >= 11 is 12.3. The number of rotatable bonds is 8. The molecular weight excluding hydrogens is 431 g/mol. The molecule has 3 N–H and O–H groups in total. The quantitative estimate of drug-likeness (QED) is 0.482. The van der Waals surface area contributed by atoms with Crippen LogP contribution in [0.1, 0.15) is 23.2 Å². The van der Waals surface area contributed by atoms with Gasteiger partial charge in [-0.2, -0.15) is 10.1 Å². The molecule has 2 aromatic heterocycles. The molecule has 0 spiro atoms. The van der Waals surface area contributed by atoms with Gasteiger partial charge in [-0.25, -0.2) is 4.98 Å². The Morgan fingerprint density at radius 1 is 1.27 bits per heavy atom. The van der Waals surface area contributed by atoms with Crippen molar-refractivity contribution in [2.75, 3.05) is 17.2 Å². The van der Waals surface area contributed by atoms with Gasteiger partial charge in [0.1, 0.15) is 11.7 Å². The first kappa shape index (κ1) is 20.4. The van der Waals surface area contributed by atoms with Crippen molar-refractivity contribution in [1.29, 1.82) is 0 Å². The molecule has 0 unspecified atom stereocenters. The molecule has 1 fully saturated rings. The van der Waals surface area contributed by atoms with Crippen molar-refractivity contribution in [2.45, 2.75) is 25.5 Å². The fraction of sp³-hybridized carbons (Fsp3) is 0.263. The molecule has 1 aromatic carbocycles. The van der Waals surface area contributed by atoms with Gasteiger partial charge in [0.05, 0.1) is 40.8 Å². The van der Waals surface area contributed by atoms with Gasteiger partial charge in [0, 0.05) is 12.4 Å². The van der Waals surface area contributed by atoms with Crippen molar-refractivity contribution >= 4 is 46.4 Å². The van der Waals surface area contributed by atoms with E-state index in [1.54, 1.807) is 35.3 Å². The second-order valence-electron chi connectivity index (χ2n) is 6.62. The topological polar surface area (TPSA) is 114 Å². The normalized spacial score (nSPS) is 13.2. The molecule has 0 bridgehead atoms. The number of halogens is 2. The minimum absolute atomic E-state index is 0.0176. The first-order chi connectivity index (χ1) is 14.5. The third-order valence-electron chi connectivity index (χ3n) is 4.22. The highest BCUT2D eigenvalue weighted by molar-refractivity contribution is 6.40. The van der Waals surface area contributed by atoms with Crippen LogP contribution in [-0.4, -0.2) is 43.5 Å². The maximum absolute atomic E-state index is 12.8. The summed E-state index contributed by atoms with van der Waals surface area (Å²) in [4.78, 5) is 21.4. The number of anilines is 3. The molecule has 156 valence electrons. The summed E-state index contributed by atoms with van der Waals surface area (Å²) in [5.41, 5.74) is 1.11. The second-order valence-corrected chi connectivity index (χ2v) is 7.44. The Morgan fingerprint density at radius 3 is 2.73 bits per heavy atom. The zero-order chi connectivity index (χ0) is 21.1. The highest BCUT2D eigenvalue weighted by atomic mass is 35.5. The number of amides is 1. The molecule has 3 aromatic rings. The Hall–Kier alpha value is -2.88. The van der Waals surface area contributed by atoms with E-state index in [1.165, 1.54) is 6.20 Å². The van der Waals surface area contributed by atoms with Crippen molar-refractivity contribution in [2.24, 2.45) is 0 Å². The van der Waals surface area contributed by atoms with Crippen LogP contribution in [0.3, 0.4) is 0 Å². The molecule has 1 saturated carbocycles. The number of nitrogens with zero attached hydrogens (tertiary/aromatic N) is 4. The van der Waals surface area contributed by atoms with Crippen molar-refractivity contribution in [3.63, 3.8) is 0 Å². The Labute approximate surface area is 182 Å². The lowest BCUT2D eigenvalue weighted by Gasteiger charge is -2.13. The summed E-state index contributed by atoms with van der Waals surface area (Å²) in [6.45, 7) is 0.360. The van der Waals surface area contributed by atoms with E-state index in [2.05, 4.69) is 25.7 Å². The number of nitrogens with one attached hydrogen (secondary N) is 2. The summed E-state index contributed by atoms with van der Waals surface area (Å²) in [7, 11) is 0. The van der Waals surface area contributed by atoms with E-state index in [1.807, 2.05) is 0 Å². The molecule has 11 heteroatoms. The summed E-state index contributed by atoms with van der Waals surface area (Å²) in [5, 5.41) is 19.4. The van der Waals surface area contributed by atoms with Crippen molar-refractivity contribution in [3.05, 3.63) is 52.4 Å². The minimum atomic E-state index is -0.483. The molecule has 2 heterocycles. The van der Waals surface area contributed by atoms with Crippen LogP contribution in [-0.2, 0) is 6.54 Å². The SMILES string of the molecule is O=C(Nc1c(Cl)cccc1Cl)c1cnc(Nc2cnn(CCO)c2)nc1OC1CC1. The number of aliphatic hydroxyl groups is 1. The molecule has 9 nitrogen and oxygen atoms in total. The third-order valence-corrected chi connectivity index (χ3v) is 4.85. The van der Waals surface area contributed by atoms with Gasteiger partial charge in [0.25, 0.3) is 5.91 Å². The van der Waals surface area contributed by atoms with Crippen LogP contribution in [0.4, 0.5) is 17.3 Å². The van der Waals surface area contributed by atoms with Gasteiger partial charge in [-0.05, 0) is 25.0 Å². The predicted octanol–water partition coefficient (Wildman–Crippen LogP) is 3.51. The molecule has 1 amide bonds. The lowest BCUT2D eigenvalue weighted by atomic mass is 10.2. The smallest absolute Gasteiger partial charge is 0.262 e. The number of hydrogen-bond donors (Lipinski definition) is 3. The Balaban J connectivity index is 1.57. The number of hydrogen-bond acceptors (Lipinski definition) is 7. The van der Waals surface area contributed by atoms with E-state index >= 15 is 0 Å². The van der Waals surface area contributed by atoms with Crippen molar-refractivity contribution in [3.8, 4) is 5.88 Å². The predicted molar refractivity (Wildman–Crippen MR) is 113 cm³/mol. The van der Waals surface area contributed by atoms with Crippen molar-refractivity contribution in [1.82, 2.24) is 19.7 Å². The largest absolute Gasteiger partial charge is 0.474 e. The van der Waals surface area contributed by atoms with Gasteiger partial charge < -0.3 is 20.5 Å². The standard InChI is InChI=1S/C19H18Cl2N6O3/c20-14-2-1-3-15(21)16(14)25-17(29)13-9-22-19(26-18(13)30-12-4-5-12)24-11-8-23-27(10-11)6-7-28/h1-3,8-10,12,28H,4-7H2,(H,25,29)(H,22,24,26). The van der Waals surface area contributed by atoms with E-state index < -0.39 is 5.91 Å². The number of carbonyl (C=O) groups excluding carboxylic acids is 1. The molecule has 4 rings (SSSR count). The number of para-hydroxylation sites is 1. The van der Waals surface area contributed by atoms with Crippen LogP contribution >= 0.6 is 23.2 Å². The van der Waals surface area contributed by atoms with Crippen LogP contribution in [0, 0.1) is 0 Å². The van der Waals surface area contributed by atoms with Crippen LogP contribution in [0.15, 0.2) is 36.8 Å². The zero-order valence-corrected chi connectivity index (χ0v) is 17.2. The van der Waals surface area contributed by atoms with E-state index in [0.29, 0.717) is 28.0 Å². The molecule has 0 atom stereocenters. The zero-order valence-electron chi connectivity index (χ0n) is 15.7. The van der Waals surface area contributed by atoms with E-state index in [4.69, 9.17) is 33.0 Å². The monoisotopic (exact) mass is 448 g/mol. The molecule has 0 aliphatic heterocycles. The van der Waals surface area contributed by atoms with Gasteiger partial charge in [-0.3, -0.25) is 9.48 Å². The van der Waals surface area contributed by atoms with E-state index in [0.717, 1.165) is 12.8 Å². The Kier molecular flexibility index (Phi) is 6.03. The minimum Gasteiger partial charge on any atom is -0.474 e. The summed E-state index contributed by atoms with van der Waals surface area (Å²) < 4.78 is 7.41. The second kappa shape index (κ2) is 8.86. The third kappa shape index (κ3) is 4.81. The van der Waals surface area contributed by atoms with Gasteiger partial charge in [0.2, 0.25) is 11.8 Å². The summed E-state index contributed by atoms with van der Waals surface area (Å²) in [6, 6.07) is 4.95. The van der Waals surface area contributed by atoms with Gasteiger partial charge in [-0.15, -0.1) is 0 Å². The number of aromatic nitrogens is 4. The summed E-state index contributed by atoms with van der Waals surface area (Å²) in [6.07, 6.45) is 6.50. The number of benzene rings is 1. The highest BCUT2D eigenvalue weighted by Gasteiger charge is 2.28. The maximum atomic E-state index is 12.8. The fourth-order valence-corrected chi connectivity index (χ4v) is 3.09. The lowest BCUT2D eigenvalue weighted by Crippen LogP contribution is -2.16. The molecule has 0 radical (unpaired) electrons. The Bertz CT molecular complexity index is 1050. The van der Waals surface area contributed by atoms with E-state index in [9.17, 15) is 4.79 Å². The molecular formula is C19H18Cl2N6O3. The van der Waals surface area contributed by atoms with Gasteiger partial charge >= 0.3 is 0 Å². The van der Waals surface area contributed by atoms with Crippen LogP contribution < -0.4 is 15.4 Å². The fourth-order valence-electron chi connectivity index (χ4n) is 2.60. The molecule has 0 saturated heterocycles. The molecule has 1 aliphatic rings. The van der Waals surface area contributed by atoms with Crippen LogP contribution in [0.5, 0.6) is 5.88 Å². The van der Waals surface area contributed by atoms with Crippen LogP contribution in [0.25, 0.3) is 0 Å². The van der Waals surface area contributed by atoms with Crippen molar-refractivity contribution < 1.29 is 14.6 Å². The first-order valence-corrected chi connectivity index (χ1v) is 9.98. The average molecular weight is 449 g/mol.